The van der Waals surface area contributed by atoms with Crippen molar-refractivity contribution in [1.82, 2.24) is 30.6 Å². The first kappa shape index (κ1) is 20.3. The molecule has 1 saturated heterocycles. The molecule has 1 aliphatic heterocycles. The van der Waals surface area contributed by atoms with Gasteiger partial charge in [-0.3, -0.25) is 20.4 Å². The van der Waals surface area contributed by atoms with Gasteiger partial charge in [0.15, 0.2) is 5.13 Å². The highest BCUT2D eigenvalue weighted by atomic mass is 35.5. The summed E-state index contributed by atoms with van der Waals surface area (Å²) in [6.45, 7) is 4.44. The topological polar surface area (TPSA) is 114 Å². The SMILES string of the molecule is Cc1nc(C(=O)NNC(=O)c2csc(N3CCOCC3)n2)nn1-c1ccc(Cl)cc1. The number of carbonyl (C=O) groups excluding carboxylic acids is 2. The van der Waals surface area contributed by atoms with Crippen molar-refractivity contribution in [3.63, 3.8) is 0 Å². The van der Waals surface area contributed by atoms with Crippen LogP contribution in [0.5, 0.6) is 0 Å². The molecule has 156 valence electrons. The summed E-state index contributed by atoms with van der Waals surface area (Å²) >= 11 is 7.27. The number of ether oxygens (including phenoxy) is 1. The van der Waals surface area contributed by atoms with Gasteiger partial charge < -0.3 is 9.64 Å². The predicted molar refractivity (Wildman–Crippen MR) is 111 cm³/mol. The second-order valence-electron chi connectivity index (χ2n) is 6.39. The Morgan fingerprint density at radius 3 is 2.53 bits per heavy atom. The van der Waals surface area contributed by atoms with Crippen molar-refractivity contribution in [1.29, 1.82) is 0 Å². The molecule has 0 spiro atoms. The van der Waals surface area contributed by atoms with E-state index in [-0.39, 0.29) is 11.5 Å². The number of aromatic nitrogens is 4. The number of morpholine rings is 1. The van der Waals surface area contributed by atoms with Crippen molar-refractivity contribution in [3.8, 4) is 5.69 Å². The quantitative estimate of drug-likeness (QED) is 0.584. The lowest BCUT2D eigenvalue weighted by Crippen LogP contribution is -2.42. The van der Waals surface area contributed by atoms with E-state index in [4.69, 9.17) is 16.3 Å². The van der Waals surface area contributed by atoms with Gasteiger partial charge in [-0.15, -0.1) is 16.4 Å². The number of halogens is 1. The second kappa shape index (κ2) is 8.78. The molecule has 2 N–H and O–H groups in total. The molecule has 10 nitrogen and oxygen atoms in total. The summed E-state index contributed by atoms with van der Waals surface area (Å²) < 4.78 is 6.83. The fourth-order valence-electron chi connectivity index (χ4n) is 2.82. The summed E-state index contributed by atoms with van der Waals surface area (Å²) in [4.78, 5) is 35.2. The van der Waals surface area contributed by atoms with E-state index in [9.17, 15) is 9.59 Å². The molecule has 0 aliphatic carbocycles. The van der Waals surface area contributed by atoms with Crippen LogP contribution >= 0.6 is 22.9 Å². The summed E-state index contributed by atoms with van der Waals surface area (Å²) in [6.07, 6.45) is 0. The van der Waals surface area contributed by atoms with Crippen molar-refractivity contribution in [3.05, 3.63) is 52.0 Å². The molecule has 0 radical (unpaired) electrons. The molecule has 1 aromatic carbocycles. The molecule has 3 heterocycles. The van der Waals surface area contributed by atoms with E-state index < -0.39 is 11.8 Å². The number of thiazole rings is 1. The van der Waals surface area contributed by atoms with Crippen LogP contribution in [-0.2, 0) is 4.74 Å². The number of rotatable bonds is 4. The van der Waals surface area contributed by atoms with Crippen molar-refractivity contribution in [2.24, 2.45) is 0 Å². The molecule has 3 aromatic rings. The summed E-state index contributed by atoms with van der Waals surface area (Å²) in [6, 6.07) is 6.97. The van der Waals surface area contributed by atoms with Crippen LogP contribution < -0.4 is 15.8 Å². The zero-order chi connectivity index (χ0) is 21.1. The number of amides is 2. The van der Waals surface area contributed by atoms with Gasteiger partial charge in [-0.05, 0) is 31.2 Å². The Bertz CT molecular complexity index is 1060. The van der Waals surface area contributed by atoms with Crippen molar-refractivity contribution >= 4 is 39.9 Å². The maximum Gasteiger partial charge on any atom is 0.309 e. The van der Waals surface area contributed by atoms with Gasteiger partial charge in [0.2, 0.25) is 5.82 Å². The maximum absolute atomic E-state index is 12.4. The maximum atomic E-state index is 12.4. The number of hydrogen-bond acceptors (Lipinski definition) is 8. The van der Waals surface area contributed by atoms with Gasteiger partial charge in [0.05, 0.1) is 18.9 Å². The van der Waals surface area contributed by atoms with Crippen LogP contribution in [0.3, 0.4) is 0 Å². The lowest BCUT2D eigenvalue weighted by Gasteiger charge is -2.25. The third kappa shape index (κ3) is 4.42. The third-order valence-electron chi connectivity index (χ3n) is 4.34. The minimum atomic E-state index is -0.636. The zero-order valence-corrected chi connectivity index (χ0v) is 17.5. The van der Waals surface area contributed by atoms with Crippen molar-refractivity contribution in [2.45, 2.75) is 6.92 Å². The first-order valence-electron chi connectivity index (χ1n) is 9.10. The largest absolute Gasteiger partial charge is 0.378 e. The van der Waals surface area contributed by atoms with Gasteiger partial charge in [-0.2, -0.15) is 0 Å². The summed E-state index contributed by atoms with van der Waals surface area (Å²) in [5.74, 6) is -0.714. The number of nitrogens with zero attached hydrogens (tertiary/aromatic N) is 5. The average Bonchev–Trinajstić information content (AvgIpc) is 3.40. The first-order chi connectivity index (χ1) is 14.5. The molecule has 0 unspecified atom stereocenters. The lowest BCUT2D eigenvalue weighted by atomic mass is 10.3. The molecule has 0 bridgehead atoms. The van der Waals surface area contributed by atoms with E-state index in [1.165, 1.54) is 16.0 Å². The average molecular weight is 448 g/mol. The Hall–Kier alpha value is -3.02. The Balaban J connectivity index is 1.38. The number of carbonyl (C=O) groups is 2. The van der Waals surface area contributed by atoms with E-state index in [1.54, 1.807) is 36.6 Å². The molecule has 2 aromatic heterocycles. The van der Waals surface area contributed by atoms with Gasteiger partial charge in [-0.1, -0.05) is 11.6 Å². The molecule has 0 saturated carbocycles. The molecule has 30 heavy (non-hydrogen) atoms. The first-order valence-corrected chi connectivity index (χ1v) is 10.4. The molecular formula is C18H18ClN7O3S. The van der Waals surface area contributed by atoms with Crippen LogP contribution in [0.15, 0.2) is 29.6 Å². The van der Waals surface area contributed by atoms with Crippen LogP contribution in [0.25, 0.3) is 5.69 Å². The molecule has 1 aliphatic rings. The van der Waals surface area contributed by atoms with E-state index in [2.05, 4.69) is 30.8 Å². The van der Waals surface area contributed by atoms with Crippen molar-refractivity contribution in [2.75, 3.05) is 31.2 Å². The van der Waals surface area contributed by atoms with Crippen LogP contribution in [0.2, 0.25) is 5.02 Å². The van der Waals surface area contributed by atoms with E-state index >= 15 is 0 Å². The van der Waals surface area contributed by atoms with Gasteiger partial charge in [0.25, 0.3) is 5.91 Å². The van der Waals surface area contributed by atoms with Gasteiger partial charge in [0.1, 0.15) is 11.5 Å². The summed E-state index contributed by atoms with van der Waals surface area (Å²) in [5, 5.41) is 7.17. The molecule has 1 fully saturated rings. The monoisotopic (exact) mass is 447 g/mol. The highest BCUT2D eigenvalue weighted by Gasteiger charge is 2.19. The zero-order valence-electron chi connectivity index (χ0n) is 16.0. The van der Waals surface area contributed by atoms with Gasteiger partial charge >= 0.3 is 5.91 Å². The normalized spacial score (nSPS) is 13.9. The minimum Gasteiger partial charge on any atom is -0.378 e. The summed E-state index contributed by atoms with van der Waals surface area (Å²) in [5.41, 5.74) is 5.60. The Morgan fingerprint density at radius 1 is 1.10 bits per heavy atom. The molecule has 12 heteroatoms. The van der Waals surface area contributed by atoms with E-state index in [0.717, 1.165) is 18.2 Å². The fourth-order valence-corrected chi connectivity index (χ4v) is 3.80. The Morgan fingerprint density at radius 2 is 1.80 bits per heavy atom. The standard InChI is InChI=1S/C18H18ClN7O3S/c1-11-20-15(24-26(11)13-4-2-12(19)3-5-13)17(28)23-22-16(27)14-10-30-18(21-14)25-6-8-29-9-7-25/h2-5,10H,6-9H2,1H3,(H,22,27)(H,23,28). The van der Waals surface area contributed by atoms with E-state index in [1.807, 2.05) is 0 Å². The number of hydrazine groups is 1. The molecular weight excluding hydrogens is 430 g/mol. The molecule has 0 atom stereocenters. The van der Waals surface area contributed by atoms with Crippen LogP contribution in [0.4, 0.5) is 5.13 Å². The Kier molecular flexibility index (Phi) is 5.93. The van der Waals surface area contributed by atoms with Crippen LogP contribution in [0, 0.1) is 6.92 Å². The second-order valence-corrected chi connectivity index (χ2v) is 7.67. The number of aryl methyl sites for hydroxylation is 1. The van der Waals surface area contributed by atoms with Crippen molar-refractivity contribution < 1.29 is 14.3 Å². The van der Waals surface area contributed by atoms with Gasteiger partial charge in [0, 0.05) is 23.5 Å². The third-order valence-corrected chi connectivity index (χ3v) is 5.49. The molecule has 4 rings (SSSR count). The predicted octanol–water partition coefficient (Wildman–Crippen LogP) is 1.60. The number of benzene rings is 1. The van der Waals surface area contributed by atoms with Crippen LogP contribution in [0.1, 0.15) is 26.9 Å². The smallest absolute Gasteiger partial charge is 0.309 e. The highest BCUT2D eigenvalue weighted by Crippen LogP contribution is 2.21. The number of anilines is 1. The van der Waals surface area contributed by atoms with Gasteiger partial charge in [-0.25, -0.2) is 14.6 Å². The number of hydrogen-bond donors (Lipinski definition) is 2. The van der Waals surface area contributed by atoms with Crippen LogP contribution in [-0.4, -0.2) is 57.9 Å². The summed E-state index contributed by atoms with van der Waals surface area (Å²) in [7, 11) is 0. The minimum absolute atomic E-state index is 0.0740. The lowest BCUT2D eigenvalue weighted by molar-refractivity contribution is 0.0838. The number of nitrogens with one attached hydrogen (secondary N) is 2. The van der Waals surface area contributed by atoms with E-state index in [0.29, 0.717) is 29.7 Å². The molecule has 2 amide bonds. The fraction of sp³-hybridized carbons (Fsp3) is 0.278. The Labute approximate surface area is 180 Å². The highest BCUT2D eigenvalue weighted by molar-refractivity contribution is 7.13.